The summed E-state index contributed by atoms with van der Waals surface area (Å²) in [4.78, 5) is 2.35. The van der Waals surface area contributed by atoms with Gasteiger partial charge in [0, 0.05) is 19.3 Å². The van der Waals surface area contributed by atoms with Crippen molar-refractivity contribution in [3.63, 3.8) is 0 Å². The van der Waals surface area contributed by atoms with E-state index in [0.717, 1.165) is 19.8 Å². The molecule has 3 rings (SSSR count). The Balaban J connectivity index is 1.74. The van der Waals surface area contributed by atoms with Gasteiger partial charge < -0.3 is 0 Å². The molecule has 0 saturated carbocycles. The summed E-state index contributed by atoms with van der Waals surface area (Å²) in [6.45, 7) is 2.50. The van der Waals surface area contributed by atoms with Crippen LogP contribution in [0.25, 0.3) is 0 Å². The van der Waals surface area contributed by atoms with Gasteiger partial charge in [0.2, 0.25) is 0 Å². The zero-order chi connectivity index (χ0) is 14.3. The standard InChI is InChI=1S/C17H18N4/c1-3-7-16(8-4-1)13-20(15-21-12-11-18-19-21)14-17-9-5-2-6-10-17/h1-12H,13-15H2. The second kappa shape index (κ2) is 6.81. The molecule has 0 atom stereocenters. The van der Waals surface area contributed by atoms with E-state index in [9.17, 15) is 0 Å². The van der Waals surface area contributed by atoms with Crippen LogP contribution in [0.3, 0.4) is 0 Å². The molecule has 0 saturated heterocycles. The molecule has 0 aliphatic carbocycles. The Morgan fingerprint density at radius 1 is 0.810 bits per heavy atom. The lowest BCUT2D eigenvalue weighted by molar-refractivity contribution is 0.187. The first-order valence-electron chi connectivity index (χ1n) is 7.04. The monoisotopic (exact) mass is 278 g/mol. The molecule has 1 aromatic heterocycles. The highest BCUT2D eigenvalue weighted by atomic mass is 15.5. The molecule has 1 heterocycles. The van der Waals surface area contributed by atoms with Gasteiger partial charge in [-0.2, -0.15) is 0 Å². The van der Waals surface area contributed by atoms with E-state index >= 15 is 0 Å². The predicted octanol–water partition coefficient (Wildman–Crippen LogP) is 2.94. The summed E-state index contributed by atoms with van der Waals surface area (Å²) in [5, 5.41) is 7.94. The molecule has 0 aliphatic rings. The van der Waals surface area contributed by atoms with Crippen LogP contribution in [-0.4, -0.2) is 19.9 Å². The molecule has 0 spiro atoms. The molecule has 0 radical (unpaired) electrons. The van der Waals surface area contributed by atoms with E-state index in [-0.39, 0.29) is 0 Å². The largest absolute Gasteiger partial charge is 0.276 e. The zero-order valence-corrected chi connectivity index (χ0v) is 11.8. The fraction of sp³-hybridized carbons (Fsp3) is 0.176. The molecule has 3 aromatic rings. The van der Waals surface area contributed by atoms with Gasteiger partial charge in [0.15, 0.2) is 0 Å². The Bertz CT molecular complexity index is 594. The zero-order valence-electron chi connectivity index (χ0n) is 11.8. The summed E-state index contributed by atoms with van der Waals surface area (Å²) in [6.07, 6.45) is 3.60. The van der Waals surface area contributed by atoms with Crippen LogP contribution in [0, 0.1) is 0 Å². The number of hydrogen-bond acceptors (Lipinski definition) is 3. The van der Waals surface area contributed by atoms with Crippen LogP contribution in [0.1, 0.15) is 11.1 Å². The summed E-state index contributed by atoms with van der Waals surface area (Å²) in [5.41, 5.74) is 2.60. The number of rotatable bonds is 6. The molecule has 0 aliphatic heterocycles. The Kier molecular flexibility index (Phi) is 4.39. The maximum atomic E-state index is 4.06. The number of aromatic nitrogens is 3. The lowest BCUT2D eigenvalue weighted by atomic mass is 10.2. The molecule has 21 heavy (non-hydrogen) atoms. The lowest BCUT2D eigenvalue weighted by Gasteiger charge is -2.22. The van der Waals surface area contributed by atoms with E-state index in [0.29, 0.717) is 0 Å². The molecule has 0 amide bonds. The molecule has 106 valence electrons. The maximum absolute atomic E-state index is 4.06. The quantitative estimate of drug-likeness (QED) is 0.695. The fourth-order valence-electron chi connectivity index (χ4n) is 2.35. The minimum atomic E-state index is 0.726. The first kappa shape index (κ1) is 13.5. The summed E-state index contributed by atoms with van der Waals surface area (Å²) in [5.74, 6) is 0. The first-order valence-corrected chi connectivity index (χ1v) is 7.04. The van der Waals surface area contributed by atoms with Crippen LogP contribution in [0.5, 0.6) is 0 Å². The molecule has 4 nitrogen and oxygen atoms in total. The van der Waals surface area contributed by atoms with Crippen LogP contribution in [0.15, 0.2) is 73.1 Å². The van der Waals surface area contributed by atoms with E-state index in [1.165, 1.54) is 11.1 Å². The molecule has 0 N–H and O–H groups in total. The molecule has 0 fully saturated rings. The van der Waals surface area contributed by atoms with Crippen LogP contribution in [0.2, 0.25) is 0 Å². The number of hydrogen-bond donors (Lipinski definition) is 0. The molecule has 0 unspecified atom stereocenters. The van der Waals surface area contributed by atoms with E-state index in [1.807, 2.05) is 23.0 Å². The number of nitrogens with zero attached hydrogens (tertiary/aromatic N) is 4. The van der Waals surface area contributed by atoms with Crippen LogP contribution >= 0.6 is 0 Å². The van der Waals surface area contributed by atoms with Crippen molar-refractivity contribution in [3.05, 3.63) is 84.2 Å². The highest BCUT2D eigenvalue weighted by molar-refractivity contribution is 5.16. The SMILES string of the molecule is c1ccc(CN(Cc2ccccc2)Cn2ccnn2)cc1. The Labute approximate surface area is 124 Å². The van der Waals surface area contributed by atoms with Crippen molar-refractivity contribution >= 4 is 0 Å². The van der Waals surface area contributed by atoms with Crippen LogP contribution < -0.4 is 0 Å². The summed E-state index contributed by atoms with van der Waals surface area (Å²) < 4.78 is 1.85. The van der Waals surface area contributed by atoms with Crippen molar-refractivity contribution in [3.8, 4) is 0 Å². The summed E-state index contributed by atoms with van der Waals surface area (Å²) >= 11 is 0. The van der Waals surface area contributed by atoms with Gasteiger partial charge in [0.1, 0.15) is 0 Å². The fourth-order valence-corrected chi connectivity index (χ4v) is 2.35. The third kappa shape index (κ3) is 4.00. The average Bonchev–Trinajstić information content (AvgIpc) is 3.02. The van der Waals surface area contributed by atoms with Gasteiger partial charge in [-0.1, -0.05) is 65.9 Å². The van der Waals surface area contributed by atoms with Crippen molar-refractivity contribution in [1.82, 2.24) is 19.9 Å². The van der Waals surface area contributed by atoms with Gasteiger partial charge in [-0.15, -0.1) is 5.10 Å². The average molecular weight is 278 g/mol. The highest BCUT2D eigenvalue weighted by Gasteiger charge is 2.08. The van der Waals surface area contributed by atoms with Crippen molar-refractivity contribution < 1.29 is 0 Å². The van der Waals surface area contributed by atoms with Gasteiger partial charge in [0.25, 0.3) is 0 Å². The van der Waals surface area contributed by atoms with E-state index in [4.69, 9.17) is 0 Å². The summed E-state index contributed by atoms with van der Waals surface area (Å²) in [6, 6.07) is 21.0. The van der Waals surface area contributed by atoms with Crippen LogP contribution in [-0.2, 0) is 19.8 Å². The van der Waals surface area contributed by atoms with E-state index < -0.39 is 0 Å². The normalized spacial score (nSPS) is 10.9. The molecule has 0 bridgehead atoms. The second-order valence-electron chi connectivity index (χ2n) is 5.04. The smallest absolute Gasteiger partial charge is 0.0952 e. The Morgan fingerprint density at radius 3 is 1.86 bits per heavy atom. The third-order valence-electron chi connectivity index (χ3n) is 3.31. The molecular formula is C17H18N4. The summed E-state index contributed by atoms with van der Waals surface area (Å²) in [7, 11) is 0. The Hall–Kier alpha value is -2.46. The van der Waals surface area contributed by atoms with Gasteiger partial charge in [-0.25, -0.2) is 4.68 Å². The van der Waals surface area contributed by atoms with Crippen molar-refractivity contribution in [2.24, 2.45) is 0 Å². The molecule has 4 heteroatoms. The van der Waals surface area contributed by atoms with Gasteiger partial charge in [0.05, 0.1) is 12.9 Å². The lowest BCUT2D eigenvalue weighted by Crippen LogP contribution is -2.26. The van der Waals surface area contributed by atoms with Crippen LogP contribution in [0.4, 0.5) is 0 Å². The molecule has 2 aromatic carbocycles. The van der Waals surface area contributed by atoms with Crippen molar-refractivity contribution in [2.45, 2.75) is 19.8 Å². The first-order chi connectivity index (χ1) is 10.4. The highest BCUT2D eigenvalue weighted by Crippen LogP contribution is 2.10. The van der Waals surface area contributed by atoms with E-state index in [1.54, 1.807) is 6.20 Å². The topological polar surface area (TPSA) is 34.0 Å². The van der Waals surface area contributed by atoms with Crippen molar-refractivity contribution in [2.75, 3.05) is 0 Å². The predicted molar refractivity (Wildman–Crippen MR) is 82.2 cm³/mol. The number of benzene rings is 2. The maximum Gasteiger partial charge on any atom is 0.0952 e. The third-order valence-corrected chi connectivity index (χ3v) is 3.31. The second-order valence-corrected chi connectivity index (χ2v) is 5.04. The minimum absolute atomic E-state index is 0.726. The van der Waals surface area contributed by atoms with Gasteiger partial charge in [-0.3, -0.25) is 4.90 Å². The minimum Gasteiger partial charge on any atom is -0.276 e. The van der Waals surface area contributed by atoms with Gasteiger partial charge in [-0.05, 0) is 11.1 Å². The van der Waals surface area contributed by atoms with Crippen molar-refractivity contribution in [1.29, 1.82) is 0 Å². The van der Waals surface area contributed by atoms with E-state index in [2.05, 4.69) is 63.7 Å². The Morgan fingerprint density at radius 2 is 1.38 bits per heavy atom. The van der Waals surface area contributed by atoms with Gasteiger partial charge >= 0.3 is 0 Å². The molecular weight excluding hydrogens is 260 g/mol.